The molecule has 0 saturated heterocycles. The third kappa shape index (κ3) is 3.85. The molecule has 0 aliphatic rings. The zero-order valence-electron chi connectivity index (χ0n) is 12.6. The Morgan fingerprint density at radius 1 is 1.00 bits per heavy atom. The smallest absolute Gasteiger partial charge is 0.417 e. The molecule has 7 heteroatoms. The SMILES string of the molecule is O=C(Nc1cccc(Cl)c1)c1ccc(-c2ccccc2C(F)(F)F)o1. The van der Waals surface area contributed by atoms with Gasteiger partial charge in [0.25, 0.3) is 5.91 Å². The fourth-order valence-corrected chi connectivity index (χ4v) is 2.50. The van der Waals surface area contributed by atoms with Crippen molar-refractivity contribution in [1.82, 2.24) is 0 Å². The lowest BCUT2D eigenvalue weighted by Gasteiger charge is -2.10. The van der Waals surface area contributed by atoms with Gasteiger partial charge in [-0.1, -0.05) is 35.9 Å². The number of halogens is 4. The maximum absolute atomic E-state index is 13.1. The summed E-state index contributed by atoms with van der Waals surface area (Å²) >= 11 is 5.84. The Balaban J connectivity index is 1.87. The molecule has 0 atom stereocenters. The lowest BCUT2D eigenvalue weighted by atomic mass is 10.1. The van der Waals surface area contributed by atoms with E-state index in [1.165, 1.54) is 30.3 Å². The molecule has 0 bridgehead atoms. The number of alkyl halides is 3. The Kier molecular flexibility index (Phi) is 4.55. The van der Waals surface area contributed by atoms with Gasteiger partial charge < -0.3 is 9.73 Å². The summed E-state index contributed by atoms with van der Waals surface area (Å²) < 4.78 is 44.6. The van der Waals surface area contributed by atoms with Crippen molar-refractivity contribution in [1.29, 1.82) is 0 Å². The van der Waals surface area contributed by atoms with E-state index in [2.05, 4.69) is 5.32 Å². The molecular formula is C18H11ClF3NO2. The fourth-order valence-electron chi connectivity index (χ4n) is 2.31. The van der Waals surface area contributed by atoms with Crippen LogP contribution in [0, 0.1) is 0 Å². The summed E-state index contributed by atoms with van der Waals surface area (Å²) in [5.41, 5.74) is -0.505. The highest BCUT2D eigenvalue weighted by Crippen LogP contribution is 2.37. The second kappa shape index (κ2) is 6.64. The molecular weight excluding hydrogens is 355 g/mol. The number of hydrogen-bond acceptors (Lipinski definition) is 2. The predicted molar refractivity (Wildman–Crippen MR) is 88.6 cm³/mol. The van der Waals surface area contributed by atoms with Crippen LogP contribution < -0.4 is 5.32 Å². The van der Waals surface area contributed by atoms with Crippen molar-refractivity contribution < 1.29 is 22.4 Å². The average molecular weight is 366 g/mol. The first kappa shape index (κ1) is 17.1. The van der Waals surface area contributed by atoms with Crippen molar-refractivity contribution in [3.05, 3.63) is 77.0 Å². The topological polar surface area (TPSA) is 42.2 Å². The lowest BCUT2D eigenvalue weighted by Crippen LogP contribution is -2.10. The summed E-state index contributed by atoms with van der Waals surface area (Å²) in [6.45, 7) is 0. The molecule has 3 nitrogen and oxygen atoms in total. The number of rotatable bonds is 3. The minimum absolute atomic E-state index is 0.0378. The quantitative estimate of drug-likeness (QED) is 0.630. The molecule has 1 N–H and O–H groups in total. The van der Waals surface area contributed by atoms with Gasteiger partial charge in [-0.15, -0.1) is 0 Å². The van der Waals surface area contributed by atoms with Gasteiger partial charge in [0.05, 0.1) is 5.56 Å². The van der Waals surface area contributed by atoms with Gasteiger partial charge in [-0.05, 0) is 36.4 Å². The molecule has 0 saturated carbocycles. The van der Waals surface area contributed by atoms with E-state index in [1.807, 2.05) is 0 Å². The number of benzene rings is 2. The molecule has 0 fully saturated rings. The molecule has 0 radical (unpaired) electrons. The average Bonchev–Trinajstić information content (AvgIpc) is 3.04. The van der Waals surface area contributed by atoms with E-state index >= 15 is 0 Å². The number of carbonyl (C=O) groups excluding carboxylic acids is 1. The molecule has 0 aliphatic carbocycles. The molecule has 128 valence electrons. The molecule has 1 aromatic heterocycles. The molecule has 0 aliphatic heterocycles. The number of carbonyl (C=O) groups is 1. The molecule has 1 heterocycles. The van der Waals surface area contributed by atoms with Crippen LogP contribution in [0.2, 0.25) is 5.02 Å². The molecule has 1 amide bonds. The van der Waals surface area contributed by atoms with Crippen LogP contribution >= 0.6 is 11.6 Å². The predicted octanol–water partition coefficient (Wildman–Crippen LogP) is 5.87. The van der Waals surface area contributed by atoms with Gasteiger partial charge in [0.2, 0.25) is 0 Å². The maximum atomic E-state index is 13.1. The van der Waals surface area contributed by atoms with Crippen LogP contribution in [0.3, 0.4) is 0 Å². The Morgan fingerprint density at radius 3 is 2.48 bits per heavy atom. The van der Waals surface area contributed by atoms with Gasteiger partial charge in [-0.3, -0.25) is 4.79 Å². The van der Waals surface area contributed by atoms with E-state index in [9.17, 15) is 18.0 Å². The summed E-state index contributed by atoms with van der Waals surface area (Å²) in [4.78, 5) is 12.2. The number of amides is 1. The first-order valence-electron chi connectivity index (χ1n) is 7.18. The molecule has 2 aromatic carbocycles. The zero-order chi connectivity index (χ0) is 18.0. The number of hydrogen-bond donors (Lipinski definition) is 1. The van der Waals surface area contributed by atoms with E-state index in [1.54, 1.807) is 24.3 Å². The highest BCUT2D eigenvalue weighted by atomic mass is 35.5. The van der Waals surface area contributed by atoms with Crippen LogP contribution in [0.5, 0.6) is 0 Å². The van der Waals surface area contributed by atoms with Gasteiger partial charge in [0.15, 0.2) is 5.76 Å². The van der Waals surface area contributed by atoms with Crippen LogP contribution in [-0.4, -0.2) is 5.91 Å². The van der Waals surface area contributed by atoms with Crippen molar-refractivity contribution in [2.24, 2.45) is 0 Å². The monoisotopic (exact) mass is 365 g/mol. The maximum Gasteiger partial charge on any atom is 0.417 e. The van der Waals surface area contributed by atoms with Crippen molar-refractivity contribution in [3.8, 4) is 11.3 Å². The Bertz CT molecular complexity index is 918. The number of anilines is 1. The fraction of sp³-hybridized carbons (Fsp3) is 0.0556. The third-order valence-electron chi connectivity index (χ3n) is 3.41. The minimum atomic E-state index is -4.52. The summed E-state index contributed by atoms with van der Waals surface area (Å²) in [5.74, 6) is -0.728. The minimum Gasteiger partial charge on any atom is -0.451 e. The summed E-state index contributed by atoms with van der Waals surface area (Å²) in [5, 5.41) is 3.01. The Labute approximate surface area is 146 Å². The van der Waals surface area contributed by atoms with E-state index in [0.717, 1.165) is 6.07 Å². The van der Waals surface area contributed by atoms with Crippen LogP contribution in [0.1, 0.15) is 16.1 Å². The summed E-state index contributed by atoms with van der Waals surface area (Å²) in [7, 11) is 0. The normalized spacial score (nSPS) is 11.4. The van der Waals surface area contributed by atoms with E-state index in [4.69, 9.17) is 16.0 Å². The van der Waals surface area contributed by atoms with Crippen LogP contribution in [0.15, 0.2) is 65.1 Å². The summed E-state index contributed by atoms with van der Waals surface area (Å²) in [6.07, 6.45) is -4.52. The van der Waals surface area contributed by atoms with Crippen molar-refractivity contribution in [2.75, 3.05) is 5.32 Å². The molecule has 3 aromatic rings. The summed E-state index contributed by atoms with van der Waals surface area (Å²) in [6, 6.07) is 14.2. The van der Waals surface area contributed by atoms with Crippen LogP contribution in [0.25, 0.3) is 11.3 Å². The van der Waals surface area contributed by atoms with E-state index < -0.39 is 17.6 Å². The number of furan rings is 1. The van der Waals surface area contributed by atoms with Crippen molar-refractivity contribution >= 4 is 23.2 Å². The molecule has 25 heavy (non-hydrogen) atoms. The molecule has 3 rings (SSSR count). The van der Waals surface area contributed by atoms with Crippen LogP contribution in [-0.2, 0) is 6.18 Å². The first-order valence-corrected chi connectivity index (χ1v) is 7.56. The number of nitrogens with one attached hydrogen (secondary N) is 1. The second-order valence-corrected chi connectivity index (χ2v) is 5.61. The standard InChI is InChI=1S/C18H11ClF3NO2/c19-11-4-3-5-12(10-11)23-17(24)16-9-8-15(25-16)13-6-1-2-7-14(13)18(20,21)22/h1-10H,(H,23,24). The zero-order valence-corrected chi connectivity index (χ0v) is 13.4. The highest BCUT2D eigenvalue weighted by Gasteiger charge is 2.34. The Morgan fingerprint density at radius 2 is 1.76 bits per heavy atom. The Hall–Kier alpha value is -2.73. The molecule has 0 unspecified atom stereocenters. The van der Waals surface area contributed by atoms with Crippen molar-refractivity contribution in [2.45, 2.75) is 6.18 Å². The van der Waals surface area contributed by atoms with Gasteiger partial charge in [-0.25, -0.2) is 0 Å². The van der Waals surface area contributed by atoms with Gasteiger partial charge in [-0.2, -0.15) is 13.2 Å². The van der Waals surface area contributed by atoms with E-state index in [0.29, 0.717) is 10.7 Å². The van der Waals surface area contributed by atoms with Crippen LogP contribution in [0.4, 0.5) is 18.9 Å². The second-order valence-electron chi connectivity index (χ2n) is 5.17. The lowest BCUT2D eigenvalue weighted by molar-refractivity contribution is -0.137. The van der Waals surface area contributed by atoms with Crippen molar-refractivity contribution in [3.63, 3.8) is 0 Å². The van der Waals surface area contributed by atoms with Gasteiger partial charge >= 0.3 is 6.18 Å². The molecule has 0 spiro atoms. The first-order chi connectivity index (χ1) is 11.8. The van der Waals surface area contributed by atoms with Gasteiger partial charge in [0, 0.05) is 16.3 Å². The van der Waals surface area contributed by atoms with E-state index in [-0.39, 0.29) is 17.1 Å². The third-order valence-corrected chi connectivity index (χ3v) is 3.65. The highest BCUT2D eigenvalue weighted by molar-refractivity contribution is 6.30. The van der Waals surface area contributed by atoms with Gasteiger partial charge in [0.1, 0.15) is 5.76 Å². The largest absolute Gasteiger partial charge is 0.451 e.